The Hall–Kier alpha value is -0.770. The molecule has 0 aromatic heterocycles. The predicted molar refractivity (Wildman–Crippen MR) is 38.0 cm³/mol. The molecule has 54 valence electrons. The van der Waals surface area contributed by atoms with Crippen LogP contribution in [0.25, 0.3) is 0 Å². The first-order valence-electron chi connectivity index (χ1n) is 3.10. The highest BCUT2D eigenvalue weighted by atomic mass is 15.4. The molecule has 4 nitrogen and oxygen atoms in total. The normalized spacial score (nSPS) is 9.00. The molecule has 0 aliphatic heterocycles. The van der Waals surface area contributed by atoms with Crippen molar-refractivity contribution >= 4 is 5.96 Å². The first-order chi connectivity index (χ1) is 4.27. The summed E-state index contributed by atoms with van der Waals surface area (Å²) in [6, 6.07) is 0. The Morgan fingerprint density at radius 3 is 2.78 bits per heavy atom. The lowest BCUT2D eigenvalue weighted by Gasteiger charge is -2.03. The summed E-state index contributed by atoms with van der Waals surface area (Å²) in [5.74, 6) is -0.0360. The Labute approximate surface area is 55.3 Å². The van der Waals surface area contributed by atoms with Crippen molar-refractivity contribution in [3.8, 4) is 0 Å². The van der Waals surface area contributed by atoms with Crippen molar-refractivity contribution in [2.45, 2.75) is 19.8 Å². The maximum atomic E-state index is 6.73. The highest BCUT2D eigenvalue weighted by molar-refractivity contribution is 5.73. The second kappa shape index (κ2) is 5.37. The number of nitrogens with two attached hydrogens (primary N) is 1. The quantitative estimate of drug-likeness (QED) is 0.184. The van der Waals surface area contributed by atoms with Crippen LogP contribution in [0, 0.1) is 5.41 Å². The van der Waals surface area contributed by atoms with Gasteiger partial charge in [0.25, 0.3) is 0 Å². The van der Waals surface area contributed by atoms with Crippen LogP contribution in [0.4, 0.5) is 0 Å². The van der Waals surface area contributed by atoms with Crippen LogP contribution in [-0.4, -0.2) is 12.5 Å². The standard InChI is InChI=1S/C5H14N4/c1-2-3-4-8-9-5(6)7/h8H,2-4H2,1H3,(H4,6,7,9). The van der Waals surface area contributed by atoms with Crippen molar-refractivity contribution < 1.29 is 0 Å². The van der Waals surface area contributed by atoms with Gasteiger partial charge in [0.15, 0.2) is 5.96 Å². The van der Waals surface area contributed by atoms with Gasteiger partial charge in [-0.05, 0) is 6.42 Å². The molecule has 0 aromatic carbocycles. The van der Waals surface area contributed by atoms with Crippen molar-refractivity contribution in [3.05, 3.63) is 0 Å². The fourth-order valence-electron chi connectivity index (χ4n) is 0.423. The summed E-state index contributed by atoms with van der Waals surface area (Å²) in [5, 5.41) is 6.73. The number of hydrogen-bond donors (Lipinski definition) is 4. The molecule has 0 radical (unpaired) electrons. The van der Waals surface area contributed by atoms with Crippen molar-refractivity contribution in [1.29, 1.82) is 5.41 Å². The van der Waals surface area contributed by atoms with E-state index in [-0.39, 0.29) is 5.96 Å². The summed E-state index contributed by atoms with van der Waals surface area (Å²) in [6.45, 7) is 2.96. The van der Waals surface area contributed by atoms with Crippen LogP contribution in [-0.2, 0) is 0 Å². The van der Waals surface area contributed by atoms with Crippen LogP contribution >= 0.6 is 0 Å². The smallest absolute Gasteiger partial charge is 0.200 e. The summed E-state index contributed by atoms with van der Waals surface area (Å²) in [5.41, 5.74) is 10.3. The highest BCUT2D eigenvalue weighted by Gasteiger charge is 1.83. The summed E-state index contributed by atoms with van der Waals surface area (Å²) in [6.07, 6.45) is 2.24. The molecule has 0 unspecified atom stereocenters. The third kappa shape index (κ3) is 7.23. The highest BCUT2D eigenvalue weighted by Crippen LogP contribution is 1.79. The van der Waals surface area contributed by atoms with Gasteiger partial charge < -0.3 is 5.73 Å². The van der Waals surface area contributed by atoms with Crippen molar-refractivity contribution in [3.63, 3.8) is 0 Å². The first kappa shape index (κ1) is 8.23. The molecule has 0 atom stereocenters. The Morgan fingerprint density at radius 2 is 2.33 bits per heavy atom. The molecule has 0 bridgehead atoms. The van der Waals surface area contributed by atoms with Gasteiger partial charge in [-0.25, -0.2) is 5.43 Å². The SMILES string of the molecule is CCCCNNC(=N)N. The third-order valence-corrected chi connectivity index (χ3v) is 0.878. The van der Waals surface area contributed by atoms with Gasteiger partial charge in [0.05, 0.1) is 0 Å². The molecule has 0 spiro atoms. The topological polar surface area (TPSA) is 73.9 Å². The van der Waals surface area contributed by atoms with E-state index in [1.807, 2.05) is 0 Å². The van der Waals surface area contributed by atoms with Gasteiger partial charge in [0.1, 0.15) is 0 Å². The number of nitrogens with one attached hydrogen (secondary N) is 3. The van der Waals surface area contributed by atoms with E-state index in [0.29, 0.717) is 0 Å². The van der Waals surface area contributed by atoms with E-state index in [4.69, 9.17) is 11.1 Å². The molecule has 0 aromatic rings. The minimum Gasteiger partial charge on any atom is -0.369 e. The fraction of sp³-hybridized carbons (Fsp3) is 0.800. The van der Waals surface area contributed by atoms with E-state index in [0.717, 1.165) is 19.4 Å². The molecule has 0 aliphatic carbocycles. The average Bonchev–Trinajstić information content (AvgIpc) is 1.80. The lowest BCUT2D eigenvalue weighted by molar-refractivity contribution is 0.608. The fourth-order valence-corrected chi connectivity index (χ4v) is 0.423. The number of guanidine groups is 1. The second-order valence-electron chi connectivity index (χ2n) is 1.82. The molecule has 0 fully saturated rings. The molecular formula is C5H14N4. The molecule has 4 heteroatoms. The van der Waals surface area contributed by atoms with Crippen molar-refractivity contribution in [2.75, 3.05) is 6.54 Å². The van der Waals surface area contributed by atoms with Crippen molar-refractivity contribution in [2.24, 2.45) is 5.73 Å². The van der Waals surface area contributed by atoms with Crippen LogP contribution in [0.5, 0.6) is 0 Å². The number of hydrogen-bond acceptors (Lipinski definition) is 2. The monoisotopic (exact) mass is 130 g/mol. The summed E-state index contributed by atoms with van der Waals surface area (Å²) in [7, 11) is 0. The summed E-state index contributed by atoms with van der Waals surface area (Å²) in [4.78, 5) is 0. The molecule has 5 N–H and O–H groups in total. The zero-order valence-corrected chi connectivity index (χ0v) is 5.70. The molecule has 0 heterocycles. The number of unbranched alkanes of at least 4 members (excludes halogenated alkanes) is 1. The Balaban J connectivity index is 2.83. The average molecular weight is 130 g/mol. The molecule has 0 saturated carbocycles. The zero-order chi connectivity index (χ0) is 7.11. The third-order valence-electron chi connectivity index (χ3n) is 0.878. The van der Waals surface area contributed by atoms with E-state index in [1.165, 1.54) is 0 Å². The number of hydrazine groups is 1. The Bertz CT molecular complexity index is 81.0. The molecule has 9 heavy (non-hydrogen) atoms. The van der Waals surface area contributed by atoms with Crippen LogP contribution in [0.3, 0.4) is 0 Å². The van der Waals surface area contributed by atoms with E-state index in [9.17, 15) is 0 Å². The van der Waals surface area contributed by atoms with Crippen molar-refractivity contribution in [1.82, 2.24) is 10.9 Å². The van der Waals surface area contributed by atoms with E-state index >= 15 is 0 Å². The van der Waals surface area contributed by atoms with Crippen LogP contribution in [0.1, 0.15) is 19.8 Å². The van der Waals surface area contributed by atoms with E-state index in [2.05, 4.69) is 17.8 Å². The van der Waals surface area contributed by atoms with Gasteiger partial charge >= 0.3 is 0 Å². The van der Waals surface area contributed by atoms with Gasteiger partial charge in [-0.3, -0.25) is 10.8 Å². The zero-order valence-electron chi connectivity index (χ0n) is 5.70. The van der Waals surface area contributed by atoms with Crippen LogP contribution < -0.4 is 16.6 Å². The van der Waals surface area contributed by atoms with Crippen LogP contribution in [0.15, 0.2) is 0 Å². The maximum absolute atomic E-state index is 6.73. The summed E-state index contributed by atoms with van der Waals surface area (Å²) >= 11 is 0. The molecule has 0 rings (SSSR count). The molecular weight excluding hydrogens is 116 g/mol. The van der Waals surface area contributed by atoms with Gasteiger partial charge in [0.2, 0.25) is 0 Å². The number of rotatable bonds is 4. The van der Waals surface area contributed by atoms with Crippen LogP contribution in [0.2, 0.25) is 0 Å². The van der Waals surface area contributed by atoms with E-state index in [1.54, 1.807) is 0 Å². The molecule has 0 saturated heterocycles. The van der Waals surface area contributed by atoms with Gasteiger partial charge in [-0.1, -0.05) is 13.3 Å². The van der Waals surface area contributed by atoms with E-state index < -0.39 is 0 Å². The second-order valence-corrected chi connectivity index (χ2v) is 1.82. The maximum Gasteiger partial charge on any atom is 0.200 e. The van der Waals surface area contributed by atoms with Gasteiger partial charge in [-0.2, -0.15) is 0 Å². The van der Waals surface area contributed by atoms with Gasteiger partial charge in [0, 0.05) is 6.54 Å². The minimum absolute atomic E-state index is 0.0360. The molecule has 0 amide bonds. The lowest BCUT2D eigenvalue weighted by atomic mass is 10.3. The van der Waals surface area contributed by atoms with Gasteiger partial charge in [-0.15, -0.1) is 0 Å². The Kier molecular flexibility index (Phi) is 4.91. The predicted octanol–water partition coefficient (Wildman–Crippen LogP) is -0.226. The summed E-state index contributed by atoms with van der Waals surface area (Å²) < 4.78 is 0. The molecule has 0 aliphatic rings. The first-order valence-corrected chi connectivity index (χ1v) is 3.10. The largest absolute Gasteiger partial charge is 0.369 e. The lowest BCUT2D eigenvalue weighted by Crippen LogP contribution is -2.41. The Morgan fingerprint density at radius 1 is 1.67 bits per heavy atom. The minimum atomic E-state index is -0.0360.